The Hall–Kier alpha value is -3.36. The van der Waals surface area contributed by atoms with Crippen molar-refractivity contribution in [3.63, 3.8) is 0 Å². The number of nitrogens with zero attached hydrogens (tertiary/aromatic N) is 5. The SMILES string of the molecule is CN1NC=C(Nc2nnco2)N=C1Cc1ccc2[nH]ncc2c1. The van der Waals surface area contributed by atoms with Crippen molar-refractivity contribution < 1.29 is 4.42 Å². The van der Waals surface area contributed by atoms with Crippen molar-refractivity contribution in [2.24, 2.45) is 4.99 Å². The molecule has 0 atom stereocenters. The summed E-state index contributed by atoms with van der Waals surface area (Å²) in [5.74, 6) is 1.46. The molecule has 3 aromatic rings. The molecule has 23 heavy (non-hydrogen) atoms. The third kappa shape index (κ3) is 2.71. The van der Waals surface area contributed by atoms with Crippen LogP contribution in [-0.4, -0.2) is 38.3 Å². The van der Waals surface area contributed by atoms with Crippen LogP contribution in [0.2, 0.25) is 0 Å². The van der Waals surface area contributed by atoms with Crippen molar-refractivity contribution in [1.29, 1.82) is 0 Å². The average Bonchev–Trinajstić information content (AvgIpc) is 3.21. The van der Waals surface area contributed by atoms with E-state index in [4.69, 9.17) is 4.42 Å². The standard InChI is InChI=1S/C14H14N8O/c1-22-13(5-9-2-3-11-10(4-9)6-15-20-11)18-12(7-17-22)19-14-21-16-8-23-14/h2-4,6-8,17H,5H2,1H3,(H,15,20)(H,19,21). The molecule has 1 aliphatic rings. The van der Waals surface area contributed by atoms with E-state index < -0.39 is 0 Å². The van der Waals surface area contributed by atoms with Gasteiger partial charge in [-0.2, -0.15) is 5.10 Å². The molecule has 0 amide bonds. The zero-order valence-corrected chi connectivity index (χ0v) is 12.3. The Morgan fingerprint density at radius 1 is 1.35 bits per heavy atom. The van der Waals surface area contributed by atoms with Gasteiger partial charge in [0.05, 0.1) is 17.9 Å². The van der Waals surface area contributed by atoms with Gasteiger partial charge < -0.3 is 9.84 Å². The average molecular weight is 310 g/mol. The number of hydrogen-bond donors (Lipinski definition) is 3. The van der Waals surface area contributed by atoms with E-state index in [1.165, 1.54) is 6.39 Å². The smallest absolute Gasteiger partial charge is 0.321 e. The minimum Gasteiger partial charge on any atom is -0.411 e. The number of hydrazine groups is 1. The number of fused-ring (bicyclic) bond motifs is 1. The summed E-state index contributed by atoms with van der Waals surface area (Å²) in [6.45, 7) is 0. The Labute approximate surface area is 131 Å². The van der Waals surface area contributed by atoms with Crippen LogP contribution >= 0.6 is 0 Å². The largest absolute Gasteiger partial charge is 0.411 e. The van der Waals surface area contributed by atoms with Crippen LogP contribution in [0.1, 0.15) is 5.56 Å². The van der Waals surface area contributed by atoms with Gasteiger partial charge in [-0.25, -0.2) is 4.99 Å². The summed E-state index contributed by atoms with van der Waals surface area (Å²) in [7, 11) is 1.91. The lowest BCUT2D eigenvalue weighted by Gasteiger charge is -2.25. The monoisotopic (exact) mass is 310 g/mol. The quantitative estimate of drug-likeness (QED) is 0.665. The van der Waals surface area contributed by atoms with Crippen molar-refractivity contribution >= 4 is 22.8 Å². The molecule has 0 saturated carbocycles. The minimum absolute atomic E-state index is 0.297. The second kappa shape index (κ2) is 5.44. The summed E-state index contributed by atoms with van der Waals surface area (Å²) in [6, 6.07) is 6.46. The van der Waals surface area contributed by atoms with Gasteiger partial charge in [-0.05, 0) is 17.7 Å². The molecule has 4 rings (SSSR count). The minimum atomic E-state index is 0.297. The molecule has 9 nitrogen and oxygen atoms in total. The molecule has 0 aliphatic carbocycles. The number of rotatable bonds is 4. The normalized spacial score (nSPS) is 14.4. The number of aliphatic imine (C=N–C) groups is 1. The van der Waals surface area contributed by atoms with Gasteiger partial charge in [-0.1, -0.05) is 11.2 Å². The van der Waals surface area contributed by atoms with E-state index in [9.17, 15) is 0 Å². The fraction of sp³-hybridized carbons (Fsp3) is 0.143. The molecule has 1 aromatic carbocycles. The summed E-state index contributed by atoms with van der Waals surface area (Å²) in [4.78, 5) is 4.58. The predicted octanol–water partition coefficient (Wildman–Crippen LogP) is 1.25. The Bertz CT molecular complexity index is 879. The second-order valence-electron chi connectivity index (χ2n) is 5.08. The van der Waals surface area contributed by atoms with E-state index in [0.29, 0.717) is 18.3 Å². The van der Waals surface area contributed by atoms with Crippen LogP contribution in [0.15, 0.2) is 52.2 Å². The number of amidine groups is 1. The Balaban J connectivity index is 1.55. The van der Waals surface area contributed by atoms with E-state index in [0.717, 1.165) is 22.3 Å². The lowest BCUT2D eigenvalue weighted by atomic mass is 10.1. The maximum absolute atomic E-state index is 5.06. The third-order valence-corrected chi connectivity index (χ3v) is 3.49. The van der Waals surface area contributed by atoms with E-state index in [-0.39, 0.29) is 0 Å². The maximum Gasteiger partial charge on any atom is 0.321 e. The van der Waals surface area contributed by atoms with Gasteiger partial charge in [-0.15, -0.1) is 5.10 Å². The molecule has 2 aromatic heterocycles. The molecule has 0 radical (unpaired) electrons. The fourth-order valence-electron chi connectivity index (χ4n) is 2.32. The van der Waals surface area contributed by atoms with Crippen molar-refractivity contribution in [1.82, 2.24) is 30.8 Å². The molecule has 0 bridgehead atoms. The number of anilines is 1. The number of benzene rings is 1. The van der Waals surface area contributed by atoms with Gasteiger partial charge in [0, 0.05) is 18.9 Å². The highest BCUT2D eigenvalue weighted by atomic mass is 16.4. The van der Waals surface area contributed by atoms with E-state index in [1.807, 2.05) is 24.3 Å². The number of aromatic nitrogens is 4. The lowest BCUT2D eigenvalue weighted by Crippen LogP contribution is -2.40. The Morgan fingerprint density at radius 2 is 2.30 bits per heavy atom. The molecule has 3 N–H and O–H groups in total. The Kier molecular flexibility index (Phi) is 3.15. The molecule has 0 saturated heterocycles. The van der Waals surface area contributed by atoms with Crippen LogP contribution in [0.5, 0.6) is 0 Å². The second-order valence-corrected chi connectivity index (χ2v) is 5.08. The van der Waals surface area contributed by atoms with Gasteiger partial charge in [0.15, 0.2) is 5.82 Å². The van der Waals surface area contributed by atoms with Crippen LogP contribution in [0.3, 0.4) is 0 Å². The van der Waals surface area contributed by atoms with Crippen LogP contribution in [-0.2, 0) is 6.42 Å². The first-order valence-electron chi connectivity index (χ1n) is 7.01. The first kappa shape index (κ1) is 13.3. The summed E-state index contributed by atoms with van der Waals surface area (Å²) in [6.07, 6.45) is 5.47. The van der Waals surface area contributed by atoms with Gasteiger partial charge >= 0.3 is 6.01 Å². The highest BCUT2D eigenvalue weighted by molar-refractivity contribution is 5.87. The fourth-order valence-corrected chi connectivity index (χ4v) is 2.32. The summed E-state index contributed by atoms with van der Waals surface area (Å²) in [5.41, 5.74) is 5.28. The van der Waals surface area contributed by atoms with Gasteiger partial charge in [0.1, 0.15) is 5.84 Å². The molecule has 0 fully saturated rings. The molecule has 116 valence electrons. The van der Waals surface area contributed by atoms with Gasteiger partial charge in [0.2, 0.25) is 6.39 Å². The van der Waals surface area contributed by atoms with Crippen LogP contribution < -0.4 is 10.7 Å². The zero-order chi connectivity index (χ0) is 15.6. The van der Waals surface area contributed by atoms with Crippen LogP contribution in [0.4, 0.5) is 6.01 Å². The van der Waals surface area contributed by atoms with Crippen molar-refractivity contribution in [3.05, 3.63) is 48.4 Å². The molecular formula is C14H14N8O. The maximum atomic E-state index is 5.06. The molecule has 3 heterocycles. The molecule has 1 aliphatic heterocycles. The molecule has 0 unspecified atom stereocenters. The molecular weight excluding hydrogens is 296 g/mol. The molecule has 9 heteroatoms. The van der Waals surface area contributed by atoms with Crippen molar-refractivity contribution in [3.8, 4) is 0 Å². The van der Waals surface area contributed by atoms with Gasteiger partial charge in [0.25, 0.3) is 0 Å². The highest BCUT2D eigenvalue weighted by Gasteiger charge is 2.14. The molecule has 0 spiro atoms. The first-order valence-corrected chi connectivity index (χ1v) is 7.01. The predicted molar refractivity (Wildman–Crippen MR) is 84.1 cm³/mol. The summed E-state index contributed by atoms with van der Waals surface area (Å²) in [5, 5.41) is 20.3. The lowest BCUT2D eigenvalue weighted by molar-refractivity contribution is 0.415. The number of H-pyrrole nitrogens is 1. The first-order chi connectivity index (χ1) is 11.3. The zero-order valence-electron chi connectivity index (χ0n) is 12.3. The number of hydrogen-bond acceptors (Lipinski definition) is 8. The van der Waals surface area contributed by atoms with E-state index in [2.05, 4.69) is 48.3 Å². The number of nitrogens with one attached hydrogen (secondary N) is 3. The summed E-state index contributed by atoms with van der Waals surface area (Å²) >= 11 is 0. The topological polar surface area (TPSA) is 107 Å². The van der Waals surface area contributed by atoms with E-state index >= 15 is 0 Å². The third-order valence-electron chi connectivity index (χ3n) is 3.49. The highest BCUT2D eigenvalue weighted by Crippen LogP contribution is 2.16. The van der Waals surface area contributed by atoms with E-state index in [1.54, 1.807) is 6.20 Å². The van der Waals surface area contributed by atoms with Crippen molar-refractivity contribution in [2.45, 2.75) is 6.42 Å². The number of aromatic amines is 1. The number of likely N-dealkylation sites (N-methyl/N-ethyl adjacent to an activating group) is 1. The Morgan fingerprint density at radius 3 is 3.17 bits per heavy atom. The van der Waals surface area contributed by atoms with Crippen LogP contribution in [0.25, 0.3) is 10.9 Å². The van der Waals surface area contributed by atoms with Gasteiger partial charge in [-0.3, -0.25) is 15.4 Å². The summed E-state index contributed by atoms with van der Waals surface area (Å²) < 4.78 is 5.06. The van der Waals surface area contributed by atoms with Crippen LogP contribution in [0, 0.1) is 0 Å². The van der Waals surface area contributed by atoms with Crippen molar-refractivity contribution in [2.75, 3.05) is 12.4 Å².